The standard InChI is InChI=1S/C16H22N2O/c1-12(17)10-14-4-6-16(7-5-14)18(3)11-15-8-9-19-13(15)2/h4-9,12H,10-11,17H2,1-3H3. The van der Waals surface area contributed by atoms with Crippen molar-refractivity contribution in [2.75, 3.05) is 11.9 Å². The maximum Gasteiger partial charge on any atom is 0.105 e. The van der Waals surface area contributed by atoms with Crippen LogP contribution in [0.5, 0.6) is 0 Å². The summed E-state index contributed by atoms with van der Waals surface area (Å²) in [6.07, 6.45) is 2.66. The Morgan fingerprint density at radius 1 is 1.21 bits per heavy atom. The molecule has 0 aliphatic rings. The van der Waals surface area contributed by atoms with Gasteiger partial charge in [0, 0.05) is 30.9 Å². The summed E-state index contributed by atoms with van der Waals surface area (Å²) in [5.74, 6) is 0.987. The van der Waals surface area contributed by atoms with Crippen molar-refractivity contribution in [2.45, 2.75) is 32.9 Å². The van der Waals surface area contributed by atoms with Gasteiger partial charge in [-0.3, -0.25) is 0 Å². The average molecular weight is 258 g/mol. The maximum absolute atomic E-state index is 5.81. The second-order valence-corrected chi connectivity index (χ2v) is 5.21. The zero-order chi connectivity index (χ0) is 13.8. The van der Waals surface area contributed by atoms with Gasteiger partial charge in [-0.05, 0) is 44.0 Å². The largest absolute Gasteiger partial charge is 0.469 e. The lowest BCUT2D eigenvalue weighted by Crippen LogP contribution is -2.18. The zero-order valence-corrected chi connectivity index (χ0v) is 11.9. The van der Waals surface area contributed by atoms with E-state index in [1.807, 2.05) is 19.9 Å². The highest BCUT2D eigenvalue weighted by atomic mass is 16.3. The van der Waals surface area contributed by atoms with E-state index in [2.05, 4.69) is 36.2 Å². The fourth-order valence-electron chi connectivity index (χ4n) is 2.18. The molecule has 0 radical (unpaired) electrons. The van der Waals surface area contributed by atoms with E-state index < -0.39 is 0 Å². The van der Waals surface area contributed by atoms with Crippen LogP contribution in [0, 0.1) is 6.92 Å². The van der Waals surface area contributed by atoms with Crippen LogP contribution in [0.4, 0.5) is 5.69 Å². The van der Waals surface area contributed by atoms with E-state index in [9.17, 15) is 0 Å². The van der Waals surface area contributed by atoms with E-state index in [1.54, 1.807) is 6.26 Å². The topological polar surface area (TPSA) is 42.4 Å². The van der Waals surface area contributed by atoms with Crippen molar-refractivity contribution < 1.29 is 4.42 Å². The molecule has 0 spiro atoms. The molecule has 0 amide bonds. The predicted octanol–water partition coefficient (Wildman–Crippen LogP) is 3.11. The smallest absolute Gasteiger partial charge is 0.105 e. The molecule has 1 aromatic heterocycles. The Morgan fingerprint density at radius 3 is 2.42 bits per heavy atom. The minimum atomic E-state index is 0.206. The first-order valence-corrected chi connectivity index (χ1v) is 6.65. The molecule has 1 unspecified atom stereocenters. The number of nitrogens with two attached hydrogens (primary N) is 1. The van der Waals surface area contributed by atoms with Crippen LogP contribution in [-0.4, -0.2) is 13.1 Å². The first-order valence-electron chi connectivity index (χ1n) is 6.65. The van der Waals surface area contributed by atoms with Crippen molar-refractivity contribution in [3.05, 3.63) is 53.5 Å². The number of nitrogens with zero attached hydrogens (tertiary/aromatic N) is 1. The number of furan rings is 1. The predicted molar refractivity (Wildman–Crippen MR) is 79.3 cm³/mol. The van der Waals surface area contributed by atoms with Crippen LogP contribution in [0.25, 0.3) is 0 Å². The van der Waals surface area contributed by atoms with Crippen molar-refractivity contribution in [1.29, 1.82) is 0 Å². The number of anilines is 1. The van der Waals surface area contributed by atoms with Gasteiger partial charge in [-0.15, -0.1) is 0 Å². The zero-order valence-electron chi connectivity index (χ0n) is 11.9. The molecular formula is C16H22N2O. The molecule has 102 valence electrons. The van der Waals surface area contributed by atoms with Crippen LogP contribution in [0.2, 0.25) is 0 Å². The summed E-state index contributed by atoms with van der Waals surface area (Å²) < 4.78 is 5.32. The average Bonchev–Trinajstić information content (AvgIpc) is 2.75. The third kappa shape index (κ3) is 3.61. The third-order valence-electron chi connectivity index (χ3n) is 3.31. The Bertz CT molecular complexity index is 514. The maximum atomic E-state index is 5.81. The number of aryl methyl sites for hydroxylation is 1. The molecule has 1 atom stereocenters. The molecule has 1 aromatic carbocycles. The molecule has 0 saturated heterocycles. The molecule has 0 aliphatic heterocycles. The Hall–Kier alpha value is -1.74. The molecule has 2 aromatic rings. The van der Waals surface area contributed by atoms with Gasteiger partial charge in [-0.2, -0.15) is 0 Å². The van der Waals surface area contributed by atoms with Gasteiger partial charge in [0.1, 0.15) is 5.76 Å². The van der Waals surface area contributed by atoms with Crippen LogP contribution in [0.1, 0.15) is 23.8 Å². The Labute approximate surface area is 115 Å². The first kappa shape index (κ1) is 13.7. The number of hydrogen-bond acceptors (Lipinski definition) is 3. The van der Waals surface area contributed by atoms with Crippen molar-refractivity contribution in [2.24, 2.45) is 5.73 Å². The lowest BCUT2D eigenvalue weighted by atomic mass is 10.1. The minimum absolute atomic E-state index is 0.206. The van der Waals surface area contributed by atoms with E-state index >= 15 is 0 Å². The summed E-state index contributed by atoms with van der Waals surface area (Å²) in [5, 5.41) is 0. The quantitative estimate of drug-likeness (QED) is 0.896. The second kappa shape index (κ2) is 5.93. The van der Waals surface area contributed by atoms with Crippen LogP contribution in [0.15, 0.2) is 41.0 Å². The summed E-state index contributed by atoms with van der Waals surface area (Å²) >= 11 is 0. The number of hydrogen-bond donors (Lipinski definition) is 1. The molecule has 19 heavy (non-hydrogen) atoms. The normalized spacial score (nSPS) is 12.4. The van der Waals surface area contributed by atoms with Gasteiger partial charge in [0.15, 0.2) is 0 Å². The van der Waals surface area contributed by atoms with Gasteiger partial charge in [0.2, 0.25) is 0 Å². The van der Waals surface area contributed by atoms with Crippen LogP contribution in [-0.2, 0) is 13.0 Å². The summed E-state index contributed by atoms with van der Waals surface area (Å²) in [7, 11) is 2.09. The highest BCUT2D eigenvalue weighted by Crippen LogP contribution is 2.19. The molecule has 3 nitrogen and oxygen atoms in total. The molecule has 3 heteroatoms. The first-order chi connectivity index (χ1) is 9.06. The summed E-state index contributed by atoms with van der Waals surface area (Å²) in [6.45, 7) is 4.88. The van der Waals surface area contributed by atoms with Crippen molar-refractivity contribution >= 4 is 5.69 Å². The van der Waals surface area contributed by atoms with Gasteiger partial charge in [0.05, 0.1) is 6.26 Å². The van der Waals surface area contributed by atoms with Crippen LogP contribution in [0.3, 0.4) is 0 Å². The Balaban J connectivity index is 2.03. The highest BCUT2D eigenvalue weighted by molar-refractivity contribution is 5.47. The lowest BCUT2D eigenvalue weighted by Gasteiger charge is -2.19. The fraction of sp³-hybridized carbons (Fsp3) is 0.375. The van der Waals surface area contributed by atoms with E-state index in [-0.39, 0.29) is 6.04 Å². The minimum Gasteiger partial charge on any atom is -0.469 e. The van der Waals surface area contributed by atoms with Crippen molar-refractivity contribution in [1.82, 2.24) is 0 Å². The van der Waals surface area contributed by atoms with E-state index in [4.69, 9.17) is 10.2 Å². The van der Waals surface area contributed by atoms with Crippen LogP contribution < -0.4 is 10.6 Å². The molecule has 2 rings (SSSR count). The molecule has 0 fully saturated rings. The third-order valence-corrected chi connectivity index (χ3v) is 3.31. The van der Waals surface area contributed by atoms with Gasteiger partial charge in [0.25, 0.3) is 0 Å². The second-order valence-electron chi connectivity index (χ2n) is 5.21. The van der Waals surface area contributed by atoms with Gasteiger partial charge in [-0.1, -0.05) is 12.1 Å². The molecule has 2 N–H and O–H groups in total. The van der Waals surface area contributed by atoms with Crippen molar-refractivity contribution in [3.63, 3.8) is 0 Å². The fourth-order valence-corrected chi connectivity index (χ4v) is 2.18. The van der Waals surface area contributed by atoms with E-state index in [1.165, 1.54) is 16.8 Å². The molecule has 0 saturated carbocycles. The number of rotatable bonds is 5. The summed E-state index contributed by atoms with van der Waals surface area (Å²) in [5.41, 5.74) is 9.52. The molecular weight excluding hydrogens is 236 g/mol. The van der Waals surface area contributed by atoms with Gasteiger partial charge in [-0.25, -0.2) is 0 Å². The number of benzene rings is 1. The molecule has 0 bridgehead atoms. The Morgan fingerprint density at radius 2 is 1.89 bits per heavy atom. The molecule has 1 heterocycles. The van der Waals surface area contributed by atoms with E-state index in [0.29, 0.717) is 0 Å². The summed E-state index contributed by atoms with van der Waals surface area (Å²) in [4.78, 5) is 2.22. The summed E-state index contributed by atoms with van der Waals surface area (Å²) in [6, 6.07) is 10.8. The van der Waals surface area contributed by atoms with Crippen LogP contribution >= 0.6 is 0 Å². The Kier molecular flexibility index (Phi) is 4.27. The molecule has 0 aliphatic carbocycles. The van der Waals surface area contributed by atoms with Crippen molar-refractivity contribution in [3.8, 4) is 0 Å². The highest BCUT2D eigenvalue weighted by Gasteiger charge is 2.06. The monoisotopic (exact) mass is 258 g/mol. The van der Waals surface area contributed by atoms with Gasteiger partial charge >= 0.3 is 0 Å². The van der Waals surface area contributed by atoms with Gasteiger partial charge < -0.3 is 15.1 Å². The van der Waals surface area contributed by atoms with E-state index in [0.717, 1.165) is 18.7 Å². The lowest BCUT2D eigenvalue weighted by molar-refractivity contribution is 0.529. The SMILES string of the molecule is Cc1occc1CN(C)c1ccc(CC(C)N)cc1.